The fraction of sp³-hybridized carbons (Fsp3) is 0.0625. The lowest BCUT2D eigenvalue weighted by molar-refractivity contribution is 0.415. The van der Waals surface area contributed by atoms with Crippen molar-refractivity contribution in [3.05, 3.63) is 60.4 Å². The Morgan fingerprint density at radius 1 is 1.00 bits per heavy atom. The molecule has 0 unspecified atom stereocenters. The summed E-state index contributed by atoms with van der Waals surface area (Å²) in [6, 6.07) is 16.2. The van der Waals surface area contributed by atoms with Crippen LogP contribution in [0, 0.1) is 5.82 Å². The summed E-state index contributed by atoms with van der Waals surface area (Å²) in [6.45, 7) is 0. The van der Waals surface area contributed by atoms with Gasteiger partial charge in [0.15, 0.2) is 0 Å². The van der Waals surface area contributed by atoms with Crippen LogP contribution in [0.1, 0.15) is 0 Å². The van der Waals surface area contributed by atoms with Crippen molar-refractivity contribution >= 4 is 10.9 Å². The lowest BCUT2D eigenvalue weighted by atomic mass is 10.1. The van der Waals surface area contributed by atoms with Gasteiger partial charge in [0.2, 0.25) is 0 Å². The standard InChI is InChI=1S/C16H12FNO/c1-19-12-7-8-13-14(17)10-15(18-16(13)9-12)11-5-3-2-4-6-11/h2-10H,1H3. The van der Waals surface area contributed by atoms with Crippen LogP contribution >= 0.6 is 0 Å². The zero-order valence-corrected chi connectivity index (χ0v) is 10.4. The number of hydrogen-bond acceptors (Lipinski definition) is 2. The molecule has 3 heteroatoms. The van der Waals surface area contributed by atoms with Crippen LogP contribution in [0.2, 0.25) is 0 Å². The maximum atomic E-state index is 14.1. The van der Waals surface area contributed by atoms with Crippen molar-refractivity contribution in [2.45, 2.75) is 0 Å². The van der Waals surface area contributed by atoms with Gasteiger partial charge in [-0.25, -0.2) is 9.37 Å². The molecule has 0 saturated heterocycles. The lowest BCUT2D eigenvalue weighted by Crippen LogP contribution is -1.90. The van der Waals surface area contributed by atoms with Crippen LogP contribution in [-0.4, -0.2) is 12.1 Å². The van der Waals surface area contributed by atoms with E-state index in [2.05, 4.69) is 4.98 Å². The number of aromatic nitrogens is 1. The molecule has 1 heterocycles. The minimum Gasteiger partial charge on any atom is -0.497 e. The third-order valence-corrected chi connectivity index (χ3v) is 3.04. The molecule has 0 atom stereocenters. The highest BCUT2D eigenvalue weighted by molar-refractivity contribution is 5.83. The van der Waals surface area contributed by atoms with Crippen molar-refractivity contribution in [3.8, 4) is 17.0 Å². The van der Waals surface area contributed by atoms with E-state index in [4.69, 9.17) is 4.74 Å². The first-order valence-corrected chi connectivity index (χ1v) is 5.97. The van der Waals surface area contributed by atoms with Crippen molar-refractivity contribution < 1.29 is 9.13 Å². The van der Waals surface area contributed by atoms with Gasteiger partial charge in [0.25, 0.3) is 0 Å². The van der Waals surface area contributed by atoms with Gasteiger partial charge in [-0.2, -0.15) is 0 Å². The molecule has 0 amide bonds. The second-order valence-corrected chi connectivity index (χ2v) is 4.24. The third kappa shape index (κ3) is 2.15. The third-order valence-electron chi connectivity index (χ3n) is 3.04. The van der Waals surface area contributed by atoms with Gasteiger partial charge >= 0.3 is 0 Å². The van der Waals surface area contributed by atoms with Gasteiger partial charge in [-0.3, -0.25) is 0 Å². The Bertz CT molecular complexity index is 725. The van der Waals surface area contributed by atoms with Crippen molar-refractivity contribution in [2.24, 2.45) is 0 Å². The van der Waals surface area contributed by atoms with Gasteiger partial charge in [-0.1, -0.05) is 30.3 Å². The number of benzene rings is 2. The number of nitrogens with zero attached hydrogens (tertiary/aromatic N) is 1. The Labute approximate surface area is 110 Å². The average Bonchev–Trinajstić information content (AvgIpc) is 2.47. The number of hydrogen-bond donors (Lipinski definition) is 0. The minimum absolute atomic E-state index is 0.272. The van der Waals surface area contributed by atoms with Gasteiger partial charge in [0.1, 0.15) is 11.6 Å². The molecule has 94 valence electrons. The summed E-state index contributed by atoms with van der Waals surface area (Å²) in [7, 11) is 1.58. The van der Waals surface area contributed by atoms with E-state index < -0.39 is 0 Å². The highest BCUT2D eigenvalue weighted by atomic mass is 19.1. The summed E-state index contributed by atoms with van der Waals surface area (Å²) in [4.78, 5) is 4.49. The Morgan fingerprint density at radius 2 is 1.79 bits per heavy atom. The molecule has 3 rings (SSSR count). The Morgan fingerprint density at radius 3 is 2.53 bits per heavy atom. The molecule has 0 aliphatic rings. The maximum absolute atomic E-state index is 14.1. The lowest BCUT2D eigenvalue weighted by Gasteiger charge is -2.06. The fourth-order valence-electron chi connectivity index (χ4n) is 2.05. The van der Waals surface area contributed by atoms with E-state index in [1.807, 2.05) is 30.3 Å². The number of methoxy groups -OCH3 is 1. The van der Waals surface area contributed by atoms with Crippen LogP contribution in [0.4, 0.5) is 4.39 Å². The number of rotatable bonds is 2. The molecular formula is C16H12FNO. The van der Waals surface area contributed by atoms with Crippen molar-refractivity contribution in [2.75, 3.05) is 7.11 Å². The predicted molar refractivity (Wildman–Crippen MR) is 73.7 cm³/mol. The maximum Gasteiger partial charge on any atom is 0.134 e. The molecule has 0 fully saturated rings. The topological polar surface area (TPSA) is 22.1 Å². The molecule has 0 radical (unpaired) electrons. The number of halogens is 1. The highest BCUT2D eigenvalue weighted by Gasteiger charge is 2.08. The second-order valence-electron chi connectivity index (χ2n) is 4.24. The van der Waals surface area contributed by atoms with Crippen LogP contribution in [0.5, 0.6) is 5.75 Å². The van der Waals surface area contributed by atoms with Crippen molar-refractivity contribution in [1.29, 1.82) is 0 Å². The second kappa shape index (κ2) is 4.69. The quantitative estimate of drug-likeness (QED) is 0.687. The van der Waals surface area contributed by atoms with Crippen LogP contribution in [0.25, 0.3) is 22.2 Å². The Kier molecular flexibility index (Phi) is 2.88. The summed E-state index contributed by atoms with van der Waals surface area (Å²) in [5, 5.41) is 0.500. The summed E-state index contributed by atoms with van der Waals surface area (Å²) in [5.41, 5.74) is 2.11. The molecule has 0 spiro atoms. The molecule has 2 aromatic carbocycles. The van der Waals surface area contributed by atoms with E-state index in [-0.39, 0.29) is 5.82 Å². The molecule has 0 aliphatic heterocycles. The monoisotopic (exact) mass is 253 g/mol. The van der Waals surface area contributed by atoms with Gasteiger partial charge in [0, 0.05) is 23.1 Å². The van der Waals surface area contributed by atoms with E-state index >= 15 is 0 Å². The largest absolute Gasteiger partial charge is 0.497 e. The fourth-order valence-corrected chi connectivity index (χ4v) is 2.05. The summed E-state index contributed by atoms with van der Waals surface area (Å²) >= 11 is 0. The molecule has 0 aliphatic carbocycles. The smallest absolute Gasteiger partial charge is 0.134 e. The van der Waals surface area contributed by atoms with Crippen molar-refractivity contribution in [1.82, 2.24) is 4.98 Å². The average molecular weight is 253 g/mol. The molecule has 2 nitrogen and oxygen atoms in total. The summed E-state index contributed by atoms with van der Waals surface area (Å²) in [6.07, 6.45) is 0. The predicted octanol–water partition coefficient (Wildman–Crippen LogP) is 4.05. The van der Waals surface area contributed by atoms with E-state index in [1.165, 1.54) is 6.07 Å². The first-order valence-electron chi connectivity index (χ1n) is 5.97. The van der Waals surface area contributed by atoms with Crippen molar-refractivity contribution in [3.63, 3.8) is 0 Å². The Balaban J connectivity index is 2.23. The molecular weight excluding hydrogens is 241 g/mol. The molecule has 0 N–H and O–H groups in total. The zero-order chi connectivity index (χ0) is 13.2. The molecule has 1 aromatic heterocycles. The zero-order valence-electron chi connectivity index (χ0n) is 10.4. The normalized spacial score (nSPS) is 10.6. The number of ether oxygens (including phenoxy) is 1. The van der Waals surface area contributed by atoms with Crippen LogP contribution in [-0.2, 0) is 0 Å². The van der Waals surface area contributed by atoms with Gasteiger partial charge in [-0.15, -0.1) is 0 Å². The van der Waals surface area contributed by atoms with E-state index in [1.54, 1.807) is 25.3 Å². The van der Waals surface area contributed by atoms with Crippen LogP contribution < -0.4 is 4.74 Å². The molecule has 0 bridgehead atoms. The van der Waals surface area contributed by atoms with Gasteiger partial charge < -0.3 is 4.74 Å². The summed E-state index contributed by atoms with van der Waals surface area (Å²) in [5.74, 6) is 0.399. The highest BCUT2D eigenvalue weighted by Crippen LogP contribution is 2.26. The van der Waals surface area contributed by atoms with Gasteiger partial charge in [-0.05, 0) is 12.1 Å². The van der Waals surface area contributed by atoms with E-state index in [0.29, 0.717) is 22.3 Å². The summed E-state index contributed by atoms with van der Waals surface area (Å²) < 4.78 is 19.2. The first-order chi connectivity index (χ1) is 9.28. The van der Waals surface area contributed by atoms with Crippen LogP contribution in [0.3, 0.4) is 0 Å². The van der Waals surface area contributed by atoms with E-state index in [9.17, 15) is 4.39 Å². The SMILES string of the molecule is COc1ccc2c(F)cc(-c3ccccc3)nc2c1. The number of fused-ring (bicyclic) bond motifs is 1. The van der Waals surface area contributed by atoms with Crippen LogP contribution in [0.15, 0.2) is 54.6 Å². The van der Waals surface area contributed by atoms with Gasteiger partial charge in [0.05, 0.1) is 18.3 Å². The molecule has 0 saturated carbocycles. The minimum atomic E-state index is -0.272. The van der Waals surface area contributed by atoms with E-state index in [0.717, 1.165) is 5.56 Å². The number of pyridine rings is 1. The Hall–Kier alpha value is -2.42. The molecule has 19 heavy (non-hydrogen) atoms. The first kappa shape index (κ1) is 11.7. The molecule has 3 aromatic rings.